The maximum atomic E-state index is 11.8. The summed E-state index contributed by atoms with van der Waals surface area (Å²) < 4.78 is 1.22. The summed E-state index contributed by atoms with van der Waals surface area (Å²) in [6, 6.07) is 11.8. The molecular formula is C15H17N3O3. The van der Waals surface area contributed by atoms with E-state index in [-0.39, 0.29) is 24.6 Å². The van der Waals surface area contributed by atoms with Crippen LogP contribution in [0.5, 0.6) is 0 Å². The molecule has 0 saturated carbocycles. The van der Waals surface area contributed by atoms with Crippen LogP contribution in [-0.2, 0) is 11.3 Å². The number of nitrogen functional groups attached to an aromatic ring is 1. The molecule has 1 aromatic heterocycles. The van der Waals surface area contributed by atoms with E-state index >= 15 is 0 Å². The van der Waals surface area contributed by atoms with Gasteiger partial charge in [-0.1, -0.05) is 30.3 Å². The zero-order valence-corrected chi connectivity index (χ0v) is 11.4. The first-order chi connectivity index (χ1) is 10.1. The number of nitrogens with one attached hydrogen (secondary N) is 1. The summed E-state index contributed by atoms with van der Waals surface area (Å²) in [5, 5.41) is 12.5. The summed E-state index contributed by atoms with van der Waals surface area (Å²) in [6.07, 6.45) is 0.628. The number of nitrogens with two attached hydrogens (primary N) is 1. The third-order valence-corrected chi connectivity index (χ3v) is 3.00. The second-order valence-corrected chi connectivity index (χ2v) is 4.66. The highest BCUT2D eigenvalue weighted by molar-refractivity contribution is 5.75. The van der Waals surface area contributed by atoms with Crippen LogP contribution in [0.15, 0.2) is 53.5 Å². The normalized spacial score (nSPS) is 11.9. The fourth-order valence-electron chi connectivity index (χ4n) is 1.89. The molecule has 1 atom stereocenters. The molecular weight excluding hydrogens is 270 g/mol. The van der Waals surface area contributed by atoms with E-state index in [4.69, 9.17) is 5.73 Å². The highest BCUT2D eigenvalue weighted by Gasteiger charge is 2.10. The number of amides is 1. The van der Waals surface area contributed by atoms with Crippen molar-refractivity contribution in [1.29, 1.82) is 0 Å². The lowest BCUT2D eigenvalue weighted by Crippen LogP contribution is -2.34. The Kier molecular flexibility index (Phi) is 4.73. The minimum absolute atomic E-state index is 0.0832. The van der Waals surface area contributed by atoms with Gasteiger partial charge in [-0.15, -0.1) is 0 Å². The number of aromatic nitrogens is 1. The van der Waals surface area contributed by atoms with Gasteiger partial charge in [0.15, 0.2) is 0 Å². The van der Waals surface area contributed by atoms with Gasteiger partial charge in [-0.3, -0.25) is 9.59 Å². The Morgan fingerprint density at radius 2 is 1.95 bits per heavy atom. The second kappa shape index (κ2) is 6.71. The number of nitrogens with zero attached hydrogens (tertiary/aromatic N) is 1. The Morgan fingerprint density at radius 1 is 1.24 bits per heavy atom. The van der Waals surface area contributed by atoms with E-state index in [1.54, 1.807) is 12.1 Å². The first-order valence-electron chi connectivity index (χ1n) is 6.52. The number of carbonyl (C=O) groups excluding carboxylic acids is 1. The lowest BCUT2D eigenvalue weighted by Gasteiger charge is -2.13. The van der Waals surface area contributed by atoms with Crippen LogP contribution in [-0.4, -0.2) is 22.1 Å². The van der Waals surface area contributed by atoms with E-state index in [0.717, 1.165) is 5.56 Å². The zero-order chi connectivity index (χ0) is 15.2. The number of benzene rings is 1. The molecule has 6 heteroatoms. The molecule has 1 heterocycles. The van der Waals surface area contributed by atoms with Gasteiger partial charge in [0.1, 0.15) is 6.54 Å². The molecule has 6 nitrogen and oxygen atoms in total. The number of hydrogen-bond donors (Lipinski definition) is 3. The summed E-state index contributed by atoms with van der Waals surface area (Å²) in [7, 11) is 0. The van der Waals surface area contributed by atoms with Crippen molar-refractivity contribution in [2.24, 2.45) is 0 Å². The number of aliphatic hydroxyl groups is 1. The van der Waals surface area contributed by atoms with Gasteiger partial charge in [0.05, 0.1) is 6.10 Å². The third kappa shape index (κ3) is 4.19. The van der Waals surface area contributed by atoms with Gasteiger partial charge in [0.25, 0.3) is 5.56 Å². The molecule has 4 N–H and O–H groups in total. The van der Waals surface area contributed by atoms with Crippen LogP contribution >= 0.6 is 0 Å². The second-order valence-electron chi connectivity index (χ2n) is 4.66. The fraction of sp³-hybridized carbons (Fsp3) is 0.200. The SMILES string of the molecule is Nc1ccc(=O)n(CC(=O)NCC(O)c2ccccc2)c1. The summed E-state index contributed by atoms with van der Waals surface area (Å²) in [5.41, 5.74) is 6.40. The molecule has 21 heavy (non-hydrogen) atoms. The highest BCUT2D eigenvalue weighted by atomic mass is 16.3. The van der Waals surface area contributed by atoms with Gasteiger partial charge in [-0.05, 0) is 11.6 Å². The topological polar surface area (TPSA) is 97.4 Å². The summed E-state index contributed by atoms with van der Waals surface area (Å²) in [5.74, 6) is -0.363. The Labute approximate surface area is 121 Å². The number of pyridine rings is 1. The average molecular weight is 287 g/mol. The van der Waals surface area contributed by atoms with Crippen molar-refractivity contribution >= 4 is 11.6 Å². The molecule has 0 aliphatic rings. The average Bonchev–Trinajstić information content (AvgIpc) is 2.49. The van der Waals surface area contributed by atoms with Gasteiger partial charge in [-0.2, -0.15) is 0 Å². The molecule has 0 spiro atoms. The lowest BCUT2D eigenvalue weighted by atomic mass is 10.1. The quantitative estimate of drug-likeness (QED) is 0.736. The van der Waals surface area contributed by atoms with E-state index in [9.17, 15) is 14.7 Å². The Balaban J connectivity index is 1.91. The largest absolute Gasteiger partial charge is 0.398 e. The Bertz CT molecular complexity index is 667. The maximum absolute atomic E-state index is 11.8. The van der Waals surface area contributed by atoms with Gasteiger partial charge in [-0.25, -0.2) is 0 Å². The number of hydrogen-bond acceptors (Lipinski definition) is 4. The molecule has 0 saturated heterocycles. The minimum atomic E-state index is -0.785. The highest BCUT2D eigenvalue weighted by Crippen LogP contribution is 2.10. The molecule has 0 radical (unpaired) electrons. The molecule has 1 amide bonds. The van der Waals surface area contributed by atoms with Gasteiger partial charge < -0.3 is 20.7 Å². The Hall–Kier alpha value is -2.60. The van der Waals surface area contributed by atoms with E-state index in [1.165, 1.54) is 22.9 Å². The first kappa shape index (κ1) is 14.8. The van der Waals surface area contributed by atoms with Crippen molar-refractivity contribution in [2.75, 3.05) is 12.3 Å². The van der Waals surface area contributed by atoms with Crippen molar-refractivity contribution < 1.29 is 9.90 Å². The summed E-state index contributed by atoms with van der Waals surface area (Å²) >= 11 is 0. The Morgan fingerprint density at radius 3 is 2.67 bits per heavy atom. The van der Waals surface area contributed by atoms with Crippen LogP contribution in [0.4, 0.5) is 5.69 Å². The van der Waals surface area contributed by atoms with E-state index in [2.05, 4.69) is 5.32 Å². The number of carbonyl (C=O) groups is 1. The van der Waals surface area contributed by atoms with Gasteiger partial charge in [0, 0.05) is 24.5 Å². The molecule has 0 bridgehead atoms. The van der Waals surface area contributed by atoms with Crippen LogP contribution in [0.2, 0.25) is 0 Å². The predicted octanol–water partition coefficient (Wildman–Crippen LogP) is 0.280. The van der Waals surface area contributed by atoms with Crippen molar-refractivity contribution in [2.45, 2.75) is 12.6 Å². The molecule has 2 aromatic rings. The molecule has 0 aliphatic carbocycles. The molecule has 1 unspecified atom stereocenters. The van der Waals surface area contributed by atoms with Crippen molar-refractivity contribution in [3.63, 3.8) is 0 Å². The summed E-state index contributed by atoms with van der Waals surface area (Å²) in [4.78, 5) is 23.3. The van der Waals surface area contributed by atoms with E-state index < -0.39 is 6.10 Å². The van der Waals surface area contributed by atoms with Crippen molar-refractivity contribution in [1.82, 2.24) is 9.88 Å². The molecule has 0 aliphatic heterocycles. The minimum Gasteiger partial charge on any atom is -0.398 e. The standard InChI is InChI=1S/C15H17N3O3/c16-12-6-7-15(21)18(9-12)10-14(20)17-8-13(19)11-4-2-1-3-5-11/h1-7,9,13,19H,8,10,16H2,(H,17,20). The van der Waals surface area contributed by atoms with Crippen molar-refractivity contribution in [3.05, 3.63) is 64.6 Å². The van der Waals surface area contributed by atoms with Crippen LogP contribution in [0.25, 0.3) is 0 Å². The zero-order valence-electron chi connectivity index (χ0n) is 11.4. The van der Waals surface area contributed by atoms with E-state index in [1.807, 2.05) is 18.2 Å². The number of aliphatic hydroxyl groups excluding tert-OH is 1. The van der Waals surface area contributed by atoms with Crippen LogP contribution < -0.4 is 16.6 Å². The molecule has 1 aromatic carbocycles. The predicted molar refractivity (Wildman–Crippen MR) is 79.5 cm³/mol. The van der Waals surface area contributed by atoms with Crippen molar-refractivity contribution in [3.8, 4) is 0 Å². The number of rotatable bonds is 5. The molecule has 2 rings (SSSR count). The smallest absolute Gasteiger partial charge is 0.251 e. The van der Waals surface area contributed by atoms with Crippen LogP contribution in [0.1, 0.15) is 11.7 Å². The third-order valence-electron chi connectivity index (χ3n) is 3.00. The van der Waals surface area contributed by atoms with Crippen LogP contribution in [0.3, 0.4) is 0 Å². The first-order valence-corrected chi connectivity index (χ1v) is 6.52. The lowest BCUT2D eigenvalue weighted by molar-refractivity contribution is -0.122. The van der Waals surface area contributed by atoms with Gasteiger partial charge in [0.2, 0.25) is 5.91 Å². The van der Waals surface area contributed by atoms with Gasteiger partial charge >= 0.3 is 0 Å². The van der Waals surface area contributed by atoms with Crippen LogP contribution in [0, 0.1) is 0 Å². The molecule has 0 fully saturated rings. The molecule has 110 valence electrons. The summed E-state index contributed by atoms with van der Waals surface area (Å²) in [6.45, 7) is -0.0503. The number of anilines is 1. The fourth-order valence-corrected chi connectivity index (χ4v) is 1.89. The van der Waals surface area contributed by atoms with E-state index in [0.29, 0.717) is 5.69 Å². The monoisotopic (exact) mass is 287 g/mol. The maximum Gasteiger partial charge on any atom is 0.251 e.